The van der Waals surface area contributed by atoms with Crippen LogP contribution in [-0.2, 0) is 13.2 Å². The van der Waals surface area contributed by atoms with Crippen molar-refractivity contribution in [2.24, 2.45) is 0 Å². The van der Waals surface area contributed by atoms with E-state index in [-0.39, 0.29) is 17.7 Å². The van der Waals surface area contributed by atoms with Crippen LogP contribution in [0, 0.1) is 5.82 Å². The summed E-state index contributed by atoms with van der Waals surface area (Å²) in [5.74, 6) is -0.410. The molecule has 0 aliphatic rings. The van der Waals surface area contributed by atoms with E-state index in [0.29, 0.717) is 28.4 Å². The maximum atomic E-state index is 13.6. The first-order valence-electron chi connectivity index (χ1n) is 8.28. The lowest BCUT2D eigenvalue weighted by Crippen LogP contribution is -2.22. The summed E-state index contributed by atoms with van der Waals surface area (Å²) in [5, 5.41) is 14.8. The minimum Gasteiger partial charge on any atom is -0.392 e. The van der Waals surface area contributed by atoms with E-state index in [4.69, 9.17) is 11.6 Å². The third-order valence-electron chi connectivity index (χ3n) is 4.36. The predicted molar refractivity (Wildman–Crippen MR) is 101 cm³/mol. The van der Waals surface area contributed by atoms with Crippen molar-refractivity contribution in [2.45, 2.75) is 13.2 Å². The van der Waals surface area contributed by atoms with Gasteiger partial charge in [-0.2, -0.15) is 5.10 Å². The summed E-state index contributed by atoms with van der Waals surface area (Å²) in [7, 11) is 0. The molecule has 0 saturated carbocycles. The van der Waals surface area contributed by atoms with Gasteiger partial charge >= 0.3 is 0 Å². The van der Waals surface area contributed by atoms with Gasteiger partial charge in [0.2, 0.25) is 0 Å². The van der Waals surface area contributed by atoms with E-state index in [1.807, 2.05) is 12.1 Å². The molecule has 0 saturated heterocycles. The Morgan fingerprint density at radius 2 is 1.93 bits per heavy atom. The Morgan fingerprint density at radius 1 is 1.11 bits per heavy atom. The number of halogens is 2. The molecular weight excluding hydrogens is 369 g/mol. The molecule has 0 aliphatic carbocycles. The summed E-state index contributed by atoms with van der Waals surface area (Å²) in [6.45, 7) is -0.0486. The summed E-state index contributed by atoms with van der Waals surface area (Å²) in [4.78, 5) is 13.0. The number of hydrogen-bond donors (Lipinski definition) is 1. The zero-order chi connectivity index (χ0) is 19.0. The van der Waals surface area contributed by atoms with Crippen molar-refractivity contribution >= 4 is 17.1 Å². The van der Waals surface area contributed by atoms with Gasteiger partial charge in [0.15, 0.2) is 0 Å². The second kappa shape index (κ2) is 6.98. The fourth-order valence-corrected chi connectivity index (χ4v) is 3.34. The normalized spacial score (nSPS) is 11.2. The van der Waals surface area contributed by atoms with Crippen molar-refractivity contribution < 1.29 is 9.50 Å². The van der Waals surface area contributed by atoms with Crippen molar-refractivity contribution in [3.8, 4) is 11.3 Å². The molecule has 4 aromatic rings. The molecule has 2 aromatic carbocycles. The molecule has 1 N–H and O–H groups in total. The van der Waals surface area contributed by atoms with Crippen molar-refractivity contribution in [2.75, 3.05) is 0 Å². The Labute approximate surface area is 158 Å². The monoisotopic (exact) mass is 383 g/mol. The van der Waals surface area contributed by atoms with Crippen molar-refractivity contribution in [1.29, 1.82) is 0 Å². The highest BCUT2D eigenvalue weighted by Crippen LogP contribution is 2.25. The summed E-state index contributed by atoms with van der Waals surface area (Å²) >= 11 is 6.01. The van der Waals surface area contributed by atoms with Crippen LogP contribution >= 0.6 is 11.6 Å². The third-order valence-corrected chi connectivity index (χ3v) is 4.59. The van der Waals surface area contributed by atoms with E-state index in [1.165, 1.54) is 21.2 Å². The molecule has 4 rings (SSSR count). The highest BCUT2D eigenvalue weighted by molar-refractivity contribution is 6.30. The lowest BCUT2D eigenvalue weighted by molar-refractivity contribution is 0.283. The number of aromatic nitrogens is 3. The average molecular weight is 384 g/mol. The van der Waals surface area contributed by atoms with E-state index >= 15 is 0 Å². The zero-order valence-corrected chi connectivity index (χ0v) is 14.9. The Hall–Kier alpha value is -2.96. The Balaban J connectivity index is 1.86. The fraction of sp³-hybridized carbons (Fsp3) is 0.100. The van der Waals surface area contributed by atoms with E-state index in [2.05, 4.69) is 5.10 Å². The van der Waals surface area contributed by atoms with Crippen molar-refractivity contribution in [3.05, 3.63) is 93.2 Å². The Morgan fingerprint density at radius 3 is 2.67 bits per heavy atom. The van der Waals surface area contributed by atoms with Crippen LogP contribution in [0.5, 0.6) is 0 Å². The first-order valence-corrected chi connectivity index (χ1v) is 8.66. The minimum atomic E-state index is -0.410. The summed E-state index contributed by atoms with van der Waals surface area (Å²) < 4.78 is 16.5. The van der Waals surface area contributed by atoms with Gasteiger partial charge in [-0.3, -0.25) is 4.79 Å². The molecule has 0 fully saturated rings. The van der Waals surface area contributed by atoms with E-state index in [1.54, 1.807) is 36.7 Å². The van der Waals surface area contributed by atoms with Crippen LogP contribution in [-0.4, -0.2) is 19.3 Å². The maximum Gasteiger partial charge on any atom is 0.277 e. The van der Waals surface area contributed by atoms with Gasteiger partial charge in [-0.05, 0) is 29.8 Å². The molecule has 2 aromatic heterocycles. The van der Waals surface area contributed by atoms with Crippen LogP contribution < -0.4 is 5.56 Å². The lowest BCUT2D eigenvalue weighted by Gasteiger charge is -2.07. The van der Waals surface area contributed by atoms with Crippen LogP contribution in [0.3, 0.4) is 0 Å². The second-order valence-corrected chi connectivity index (χ2v) is 6.59. The molecule has 2 heterocycles. The van der Waals surface area contributed by atoms with Crippen LogP contribution in [0.4, 0.5) is 4.39 Å². The molecular formula is C20H15ClFN3O2. The minimum absolute atomic E-state index is 0.265. The smallest absolute Gasteiger partial charge is 0.277 e. The first-order chi connectivity index (χ1) is 13.1. The summed E-state index contributed by atoms with van der Waals surface area (Å²) in [6.07, 6.45) is 3.27. The van der Waals surface area contributed by atoms with Gasteiger partial charge in [0.25, 0.3) is 5.56 Å². The first kappa shape index (κ1) is 17.5. The molecule has 0 radical (unpaired) electrons. The van der Waals surface area contributed by atoms with Gasteiger partial charge in [0.1, 0.15) is 11.3 Å². The van der Waals surface area contributed by atoms with E-state index < -0.39 is 5.82 Å². The van der Waals surface area contributed by atoms with Crippen LogP contribution in [0.1, 0.15) is 11.1 Å². The highest BCUT2D eigenvalue weighted by atomic mass is 35.5. The van der Waals surface area contributed by atoms with E-state index in [9.17, 15) is 14.3 Å². The molecule has 0 aliphatic heterocycles. The van der Waals surface area contributed by atoms with Gasteiger partial charge in [0.05, 0.1) is 18.8 Å². The number of rotatable bonds is 4. The van der Waals surface area contributed by atoms with E-state index in [0.717, 1.165) is 5.56 Å². The van der Waals surface area contributed by atoms with Gasteiger partial charge in [-0.1, -0.05) is 35.9 Å². The third kappa shape index (κ3) is 3.25. The highest BCUT2D eigenvalue weighted by Gasteiger charge is 2.18. The Kier molecular flexibility index (Phi) is 4.51. The SMILES string of the molecule is O=c1c2c(CO)c(-c3cccc(F)c3)nn2ccn1Cc1cccc(Cl)c1. The zero-order valence-electron chi connectivity index (χ0n) is 14.1. The largest absolute Gasteiger partial charge is 0.392 e. The number of nitrogens with zero attached hydrogens (tertiary/aromatic N) is 3. The van der Waals surface area contributed by atoms with Crippen molar-refractivity contribution in [3.63, 3.8) is 0 Å². The average Bonchev–Trinajstić information content (AvgIpc) is 3.03. The van der Waals surface area contributed by atoms with Crippen LogP contribution in [0.2, 0.25) is 5.02 Å². The topological polar surface area (TPSA) is 59.5 Å². The second-order valence-electron chi connectivity index (χ2n) is 6.15. The predicted octanol–water partition coefficient (Wildman–Crippen LogP) is 3.50. The summed E-state index contributed by atoms with van der Waals surface area (Å²) in [6, 6.07) is 13.2. The van der Waals surface area contributed by atoms with Gasteiger partial charge < -0.3 is 9.67 Å². The molecule has 0 unspecified atom stereocenters. The van der Waals surface area contributed by atoms with Crippen LogP contribution in [0.15, 0.2) is 65.7 Å². The molecule has 5 nitrogen and oxygen atoms in total. The summed E-state index contributed by atoms with van der Waals surface area (Å²) in [5.41, 5.74) is 2.10. The number of hydrogen-bond acceptors (Lipinski definition) is 3. The van der Waals surface area contributed by atoms with Gasteiger partial charge in [-0.25, -0.2) is 8.91 Å². The van der Waals surface area contributed by atoms with Crippen molar-refractivity contribution in [1.82, 2.24) is 14.2 Å². The molecule has 7 heteroatoms. The molecule has 0 amide bonds. The molecule has 0 atom stereocenters. The molecule has 0 spiro atoms. The standard InChI is InChI=1S/C20H15ClFN3O2/c21-15-5-1-3-13(9-15)11-24-7-8-25-19(20(24)27)17(12-26)18(23-25)14-4-2-6-16(22)10-14/h1-10,26H,11-12H2. The maximum absolute atomic E-state index is 13.6. The fourth-order valence-electron chi connectivity index (χ4n) is 3.12. The number of fused-ring (bicyclic) bond motifs is 1. The molecule has 0 bridgehead atoms. The van der Waals surface area contributed by atoms with Crippen LogP contribution in [0.25, 0.3) is 16.8 Å². The number of aliphatic hydroxyl groups excluding tert-OH is 1. The molecule has 136 valence electrons. The Bertz CT molecular complexity index is 1200. The lowest BCUT2D eigenvalue weighted by atomic mass is 10.1. The number of benzene rings is 2. The number of aliphatic hydroxyl groups is 1. The quantitative estimate of drug-likeness (QED) is 0.586. The molecule has 27 heavy (non-hydrogen) atoms. The van der Waals surface area contributed by atoms with Gasteiger partial charge in [0, 0.05) is 28.5 Å². The van der Waals surface area contributed by atoms with Gasteiger partial charge in [-0.15, -0.1) is 0 Å².